The van der Waals surface area contributed by atoms with Crippen molar-refractivity contribution in [1.82, 2.24) is 9.78 Å². The molecule has 5 heteroatoms. The maximum atomic E-state index is 11.5. The molecule has 0 spiro atoms. The number of aryl methyl sites for hydroxylation is 2. The van der Waals surface area contributed by atoms with Crippen molar-refractivity contribution in [1.29, 1.82) is 0 Å². The number of hydrogen-bond acceptors (Lipinski definition) is 2. The van der Waals surface area contributed by atoms with Gasteiger partial charge in [0.1, 0.15) is 0 Å². The third kappa shape index (κ3) is 3.85. The molecule has 1 N–H and O–H groups in total. The fraction of sp³-hybridized carbons (Fsp3) is 0.375. The second-order valence-electron chi connectivity index (χ2n) is 5.14. The average Bonchev–Trinajstić information content (AvgIpc) is 2.81. The molecule has 21 heavy (non-hydrogen) atoms. The number of carboxylic acids is 1. The number of aromatic nitrogens is 2. The maximum Gasteiger partial charge on any atom is 0.307 e. The zero-order valence-electron chi connectivity index (χ0n) is 12.2. The number of carbonyl (C=O) groups is 1. The van der Waals surface area contributed by atoms with Gasteiger partial charge < -0.3 is 5.11 Å². The molecule has 0 bridgehead atoms. The molecule has 0 aliphatic heterocycles. The highest BCUT2D eigenvalue weighted by atomic mass is 35.5. The van der Waals surface area contributed by atoms with E-state index in [1.807, 2.05) is 38.2 Å². The molecule has 1 aromatic carbocycles. The van der Waals surface area contributed by atoms with Gasteiger partial charge in [0.25, 0.3) is 0 Å². The van der Waals surface area contributed by atoms with Gasteiger partial charge in [0.2, 0.25) is 0 Å². The number of carboxylic acid groups (broad SMARTS) is 1. The van der Waals surface area contributed by atoms with Crippen molar-refractivity contribution in [3.05, 3.63) is 52.3 Å². The summed E-state index contributed by atoms with van der Waals surface area (Å²) < 4.78 is 1.77. The molecule has 1 aromatic heterocycles. The van der Waals surface area contributed by atoms with Gasteiger partial charge in [-0.25, -0.2) is 0 Å². The monoisotopic (exact) mass is 306 g/mol. The van der Waals surface area contributed by atoms with Crippen LogP contribution in [-0.4, -0.2) is 20.9 Å². The number of rotatable bonds is 6. The number of hydrogen-bond donors (Lipinski definition) is 1. The smallest absolute Gasteiger partial charge is 0.307 e. The van der Waals surface area contributed by atoms with Crippen molar-refractivity contribution in [2.75, 3.05) is 0 Å². The van der Waals surface area contributed by atoms with Crippen LogP contribution < -0.4 is 0 Å². The lowest BCUT2D eigenvalue weighted by atomic mass is 9.94. The second-order valence-corrected chi connectivity index (χ2v) is 5.55. The van der Waals surface area contributed by atoms with E-state index in [0.29, 0.717) is 17.9 Å². The summed E-state index contributed by atoms with van der Waals surface area (Å²) in [5.74, 6) is -1.32. The first kappa shape index (κ1) is 15.6. The first-order valence-corrected chi connectivity index (χ1v) is 7.37. The van der Waals surface area contributed by atoms with Crippen molar-refractivity contribution >= 4 is 17.6 Å². The van der Waals surface area contributed by atoms with E-state index >= 15 is 0 Å². The third-order valence-electron chi connectivity index (χ3n) is 3.62. The predicted octanol–water partition coefficient (Wildman–Crippen LogP) is 3.12. The molecule has 1 unspecified atom stereocenters. The summed E-state index contributed by atoms with van der Waals surface area (Å²) in [6.07, 6.45) is 1.71. The van der Waals surface area contributed by atoms with Crippen LogP contribution in [0.15, 0.2) is 30.3 Å². The topological polar surface area (TPSA) is 55.1 Å². The Morgan fingerprint density at radius 2 is 2.10 bits per heavy atom. The van der Waals surface area contributed by atoms with Crippen LogP contribution in [-0.2, 0) is 31.1 Å². The van der Waals surface area contributed by atoms with E-state index in [1.165, 1.54) is 0 Å². The minimum atomic E-state index is -0.811. The third-order valence-corrected chi connectivity index (χ3v) is 3.99. The molecule has 2 aromatic rings. The van der Waals surface area contributed by atoms with Gasteiger partial charge in [-0.2, -0.15) is 5.10 Å². The normalized spacial score (nSPS) is 12.3. The van der Waals surface area contributed by atoms with Gasteiger partial charge in [-0.3, -0.25) is 9.48 Å². The van der Waals surface area contributed by atoms with Crippen LogP contribution in [0.2, 0.25) is 5.02 Å². The van der Waals surface area contributed by atoms with Crippen molar-refractivity contribution in [2.45, 2.75) is 26.2 Å². The van der Waals surface area contributed by atoms with Gasteiger partial charge in [0.15, 0.2) is 0 Å². The Morgan fingerprint density at radius 1 is 1.38 bits per heavy atom. The SMILES string of the molecule is CCc1cc(CC(Cc2ccccc2Cl)C(=O)O)n(C)n1. The molecule has 0 fully saturated rings. The molecule has 4 nitrogen and oxygen atoms in total. The van der Waals surface area contributed by atoms with Crippen LogP contribution in [0.1, 0.15) is 23.9 Å². The first-order chi connectivity index (χ1) is 10.0. The van der Waals surface area contributed by atoms with E-state index in [4.69, 9.17) is 11.6 Å². The summed E-state index contributed by atoms with van der Waals surface area (Å²) in [6, 6.07) is 9.35. The summed E-state index contributed by atoms with van der Waals surface area (Å²) in [5.41, 5.74) is 2.78. The Bertz CT molecular complexity index is 637. The molecule has 1 heterocycles. The quantitative estimate of drug-likeness (QED) is 0.892. The maximum absolute atomic E-state index is 11.5. The minimum Gasteiger partial charge on any atom is -0.481 e. The van der Waals surface area contributed by atoms with Crippen molar-refractivity contribution in [3.8, 4) is 0 Å². The zero-order chi connectivity index (χ0) is 15.4. The molecule has 112 valence electrons. The van der Waals surface area contributed by atoms with Crippen LogP contribution in [0.4, 0.5) is 0 Å². The van der Waals surface area contributed by atoms with Crippen LogP contribution in [0.5, 0.6) is 0 Å². The molecule has 0 saturated heterocycles. The molecule has 0 aliphatic carbocycles. The largest absolute Gasteiger partial charge is 0.481 e. The van der Waals surface area contributed by atoms with Gasteiger partial charge in [-0.15, -0.1) is 0 Å². The highest BCUT2D eigenvalue weighted by molar-refractivity contribution is 6.31. The predicted molar refractivity (Wildman–Crippen MR) is 82.6 cm³/mol. The summed E-state index contributed by atoms with van der Waals surface area (Å²) in [7, 11) is 1.85. The molecular weight excluding hydrogens is 288 g/mol. The lowest BCUT2D eigenvalue weighted by Gasteiger charge is -2.13. The Kier molecular flexibility index (Phi) is 5.02. The Labute approximate surface area is 129 Å². The standard InChI is InChI=1S/C16H19ClN2O2/c1-3-13-10-14(19(2)18-13)9-12(16(20)21)8-11-6-4-5-7-15(11)17/h4-7,10,12H,3,8-9H2,1-2H3,(H,20,21). The fourth-order valence-corrected chi connectivity index (χ4v) is 2.58. The van der Waals surface area contributed by atoms with E-state index in [2.05, 4.69) is 5.10 Å². The van der Waals surface area contributed by atoms with Gasteiger partial charge in [-0.05, 0) is 30.5 Å². The Hall–Kier alpha value is -1.81. The van der Waals surface area contributed by atoms with E-state index in [-0.39, 0.29) is 0 Å². The molecule has 0 radical (unpaired) electrons. The van der Waals surface area contributed by atoms with Crippen LogP contribution in [0, 0.1) is 5.92 Å². The van der Waals surface area contributed by atoms with Gasteiger partial charge in [-0.1, -0.05) is 36.7 Å². The minimum absolute atomic E-state index is 0.418. The van der Waals surface area contributed by atoms with E-state index < -0.39 is 11.9 Å². The molecule has 2 rings (SSSR count). The Balaban J connectivity index is 2.18. The molecule has 0 amide bonds. The highest BCUT2D eigenvalue weighted by Crippen LogP contribution is 2.21. The lowest BCUT2D eigenvalue weighted by Crippen LogP contribution is -2.20. The summed E-state index contributed by atoms with van der Waals surface area (Å²) >= 11 is 6.12. The molecule has 0 aliphatic rings. The van der Waals surface area contributed by atoms with E-state index in [0.717, 1.165) is 23.4 Å². The number of aliphatic carboxylic acids is 1. The summed E-state index contributed by atoms with van der Waals surface area (Å²) in [5, 5.41) is 14.4. The first-order valence-electron chi connectivity index (χ1n) is 6.99. The van der Waals surface area contributed by atoms with Crippen molar-refractivity contribution in [2.24, 2.45) is 13.0 Å². The van der Waals surface area contributed by atoms with Crippen LogP contribution >= 0.6 is 11.6 Å². The Morgan fingerprint density at radius 3 is 2.67 bits per heavy atom. The molecular formula is C16H19ClN2O2. The van der Waals surface area contributed by atoms with Gasteiger partial charge >= 0.3 is 5.97 Å². The van der Waals surface area contributed by atoms with E-state index in [9.17, 15) is 9.90 Å². The van der Waals surface area contributed by atoms with E-state index in [1.54, 1.807) is 10.7 Å². The fourth-order valence-electron chi connectivity index (χ4n) is 2.36. The number of nitrogens with zero attached hydrogens (tertiary/aromatic N) is 2. The second kappa shape index (κ2) is 6.76. The lowest BCUT2D eigenvalue weighted by molar-refractivity contribution is -0.141. The van der Waals surface area contributed by atoms with Gasteiger partial charge in [0, 0.05) is 24.2 Å². The molecule has 1 atom stereocenters. The van der Waals surface area contributed by atoms with Gasteiger partial charge in [0.05, 0.1) is 11.6 Å². The zero-order valence-corrected chi connectivity index (χ0v) is 13.0. The highest BCUT2D eigenvalue weighted by Gasteiger charge is 2.21. The van der Waals surface area contributed by atoms with Crippen molar-refractivity contribution in [3.63, 3.8) is 0 Å². The average molecular weight is 307 g/mol. The molecule has 0 saturated carbocycles. The van der Waals surface area contributed by atoms with Crippen molar-refractivity contribution < 1.29 is 9.90 Å². The summed E-state index contributed by atoms with van der Waals surface area (Å²) in [6.45, 7) is 2.03. The summed E-state index contributed by atoms with van der Waals surface area (Å²) in [4.78, 5) is 11.5. The number of halogens is 1. The number of benzene rings is 1. The van der Waals surface area contributed by atoms with Crippen LogP contribution in [0.3, 0.4) is 0 Å². The van der Waals surface area contributed by atoms with Crippen LogP contribution in [0.25, 0.3) is 0 Å².